The van der Waals surface area contributed by atoms with Crippen molar-refractivity contribution in [2.45, 2.75) is 25.3 Å². The standard InChI is InChI=1S/C12H13BrN2S/c13-12-8-9-10(4-3-5-11(9)16-12)14-15-6-1-2-7-15/h1-2,6-8,10,14H,3-5H2. The number of aryl methyl sites for hydroxylation is 1. The topological polar surface area (TPSA) is 17.0 Å². The van der Waals surface area contributed by atoms with Gasteiger partial charge in [0.25, 0.3) is 0 Å². The van der Waals surface area contributed by atoms with E-state index in [2.05, 4.69) is 39.8 Å². The monoisotopic (exact) mass is 296 g/mol. The second kappa shape index (κ2) is 4.26. The van der Waals surface area contributed by atoms with E-state index in [1.54, 1.807) is 0 Å². The van der Waals surface area contributed by atoms with Crippen LogP contribution in [0.4, 0.5) is 0 Å². The van der Waals surface area contributed by atoms with Gasteiger partial charge in [0.1, 0.15) is 0 Å². The summed E-state index contributed by atoms with van der Waals surface area (Å²) in [6, 6.07) is 6.81. The summed E-state index contributed by atoms with van der Waals surface area (Å²) in [6.07, 6.45) is 7.83. The van der Waals surface area contributed by atoms with Crippen molar-refractivity contribution in [3.63, 3.8) is 0 Å². The minimum absolute atomic E-state index is 0.457. The lowest BCUT2D eigenvalue weighted by atomic mass is 9.95. The molecule has 0 aromatic carbocycles. The molecule has 1 N–H and O–H groups in total. The van der Waals surface area contributed by atoms with E-state index in [0.717, 1.165) is 0 Å². The molecule has 0 spiro atoms. The molecule has 0 bridgehead atoms. The van der Waals surface area contributed by atoms with E-state index in [0.29, 0.717) is 6.04 Å². The Bertz CT molecular complexity index is 475. The minimum atomic E-state index is 0.457. The lowest BCUT2D eigenvalue weighted by Gasteiger charge is -2.24. The molecule has 0 saturated carbocycles. The first kappa shape index (κ1) is 10.4. The van der Waals surface area contributed by atoms with E-state index in [-0.39, 0.29) is 0 Å². The molecule has 3 rings (SSSR count). The summed E-state index contributed by atoms with van der Waals surface area (Å²) in [6.45, 7) is 0. The summed E-state index contributed by atoms with van der Waals surface area (Å²) >= 11 is 5.46. The van der Waals surface area contributed by atoms with Crippen molar-refractivity contribution in [3.05, 3.63) is 44.8 Å². The number of halogens is 1. The van der Waals surface area contributed by atoms with Gasteiger partial charge in [-0.05, 0) is 59.0 Å². The number of rotatable bonds is 2. The van der Waals surface area contributed by atoms with E-state index in [9.17, 15) is 0 Å². The first-order chi connectivity index (χ1) is 7.83. The van der Waals surface area contributed by atoms with E-state index >= 15 is 0 Å². The smallest absolute Gasteiger partial charge is 0.0705 e. The Balaban J connectivity index is 1.87. The number of hydrogen-bond donors (Lipinski definition) is 1. The molecule has 4 heteroatoms. The molecule has 2 aromatic rings. The zero-order valence-electron chi connectivity index (χ0n) is 8.82. The van der Waals surface area contributed by atoms with Crippen LogP contribution < -0.4 is 5.43 Å². The molecule has 0 saturated heterocycles. The Hall–Kier alpha value is -0.740. The molecule has 2 heterocycles. The third-order valence-electron chi connectivity index (χ3n) is 2.99. The zero-order chi connectivity index (χ0) is 11.0. The molecule has 0 aliphatic heterocycles. The van der Waals surface area contributed by atoms with Gasteiger partial charge >= 0.3 is 0 Å². The van der Waals surface area contributed by atoms with E-state index in [1.807, 2.05) is 28.1 Å². The SMILES string of the molecule is Brc1cc2c(s1)CCCC2Nn1cccc1. The Kier molecular flexibility index (Phi) is 2.77. The number of nitrogens with zero attached hydrogens (tertiary/aromatic N) is 1. The van der Waals surface area contributed by atoms with Crippen molar-refractivity contribution >= 4 is 27.3 Å². The largest absolute Gasteiger partial charge is 0.319 e. The zero-order valence-corrected chi connectivity index (χ0v) is 11.2. The lowest BCUT2D eigenvalue weighted by molar-refractivity contribution is 0.562. The molecule has 1 aliphatic rings. The maximum atomic E-state index is 3.58. The predicted molar refractivity (Wildman–Crippen MR) is 71.5 cm³/mol. The number of aromatic nitrogens is 1. The molecule has 1 unspecified atom stereocenters. The van der Waals surface area contributed by atoms with Gasteiger partial charge in [-0.3, -0.25) is 4.68 Å². The van der Waals surface area contributed by atoms with Gasteiger partial charge in [-0.2, -0.15) is 0 Å². The average Bonchev–Trinajstić information content (AvgIpc) is 2.86. The molecule has 2 aromatic heterocycles. The number of thiophene rings is 1. The summed E-state index contributed by atoms with van der Waals surface area (Å²) in [5, 5.41) is 0. The van der Waals surface area contributed by atoms with Crippen LogP contribution in [0.2, 0.25) is 0 Å². The predicted octanol–water partition coefficient (Wildman–Crippen LogP) is 3.93. The Morgan fingerprint density at radius 1 is 1.38 bits per heavy atom. The van der Waals surface area contributed by atoms with Crippen LogP contribution in [0.15, 0.2) is 34.4 Å². The normalized spacial score (nSPS) is 19.4. The van der Waals surface area contributed by atoms with E-state index < -0.39 is 0 Å². The lowest BCUT2D eigenvalue weighted by Crippen LogP contribution is -2.22. The molecule has 2 nitrogen and oxygen atoms in total. The Labute approximate surface area is 107 Å². The first-order valence-corrected chi connectivity index (χ1v) is 7.11. The third kappa shape index (κ3) is 1.92. The van der Waals surface area contributed by atoms with Crippen LogP contribution in [0, 0.1) is 0 Å². The van der Waals surface area contributed by atoms with Gasteiger partial charge in [0, 0.05) is 17.3 Å². The van der Waals surface area contributed by atoms with Crippen LogP contribution >= 0.6 is 27.3 Å². The van der Waals surface area contributed by atoms with Gasteiger partial charge in [0.05, 0.1) is 9.83 Å². The molecule has 0 amide bonds. The second-order valence-electron chi connectivity index (χ2n) is 4.09. The highest BCUT2D eigenvalue weighted by Crippen LogP contribution is 2.38. The van der Waals surface area contributed by atoms with Gasteiger partial charge in [-0.25, -0.2) is 0 Å². The molecular formula is C12H13BrN2S. The van der Waals surface area contributed by atoms with Crippen LogP contribution in [0.1, 0.15) is 29.3 Å². The molecule has 1 aliphatic carbocycles. The molecule has 16 heavy (non-hydrogen) atoms. The minimum Gasteiger partial charge on any atom is -0.319 e. The van der Waals surface area contributed by atoms with Crippen LogP contribution in [0.5, 0.6) is 0 Å². The summed E-state index contributed by atoms with van der Waals surface area (Å²) in [7, 11) is 0. The van der Waals surface area contributed by atoms with Crippen molar-refractivity contribution in [2.24, 2.45) is 0 Å². The van der Waals surface area contributed by atoms with Crippen LogP contribution in [0.3, 0.4) is 0 Å². The van der Waals surface area contributed by atoms with Gasteiger partial charge in [0.15, 0.2) is 0 Å². The molecular weight excluding hydrogens is 284 g/mol. The summed E-state index contributed by atoms with van der Waals surface area (Å²) in [5.41, 5.74) is 5.00. The summed E-state index contributed by atoms with van der Waals surface area (Å²) in [5.74, 6) is 0. The molecule has 0 radical (unpaired) electrons. The fraction of sp³-hybridized carbons (Fsp3) is 0.333. The van der Waals surface area contributed by atoms with Crippen molar-refractivity contribution in [3.8, 4) is 0 Å². The van der Waals surface area contributed by atoms with Gasteiger partial charge in [-0.1, -0.05) is 0 Å². The van der Waals surface area contributed by atoms with Crippen molar-refractivity contribution < 1.29 is 0 Å². The van der Waals surface area contributed by atoms with Gasteiger partial charge in [0.2, 0.25) is 0 Å². The van der Waals surface area contributed by atoms with Gasteiger partial charge < -0.3 is 5.43 Å². The highest BCUT2D eigenvalue weighted by Gasteiger charge is 2.22. The fourth-order valence-electron chi connectivity index (χ4n) is 2.26. The Morgan fingerprint density at radius 2 is 2.19 bits per heavy atom. The van der Waals surface area contributed by atoms with Crippen molar-refractivity contribution in [1.82, 2.24) is 4.68 Å². The summed E-state index contributed by atoms with van der Waals surface area (Å²) in [4.78, 5) is 1.53. The quantitative estimate of drug-likeness (QED) is 0.888. The summed E-state index contributed by atoms with van der Waals surface area (Å²) < 4.78 is 3.30. The highest BCUT2D eigenvalue weighted by molar-refractivity contribution is 9.11. The van der Waals surface area contributed by atoms with Crippen LogP contribution in [-0.2, 0) is 6.42 Å². The molecule has 0 fully saturated rings. The highest BCUT2D eigenvalue weighted by atomic mass is 79.9. The van der Waals surface area contributed by atoms with Crippen LogP contribution in [0.25, 0.3) is 0 Å². The fourth-order valence-corrected chi connectivity index (χ4v) is 4.08. The first-order valence-electron chi connectivity index (χ1n) is 5.50. The van der Waals surface area contributed by atoms with E-state index in [1.165, 1.54) is 33.5 Å². The second-order valence-corrected chi connectivity index (χ2v) is 6.61. The van der Waals surface area contributed by atoms with Crippen molar-refractivity contribution in [2.75, 3.05) is 5.43 Å². The average molecular weight is 297 g/mol. The number of fused-ring (bicyclic) bond motifs is 1. The third-order valence-corrected chi connectivity index (χ3v) is 4.71. The number of hydrogen-bond acceptors (Lipinski definition) is 2. The van der Waals surface area contributed by atoms with Crippen molar-refractivity contribution in [1.29, 1.82) is 0 Å². The molecule has 1 atom stereocenters. The van der Waals surface area contributed by atoms with Gasteiger partial charge in [-0.15, -0.1) is 11.3 Å². The molecule has 84 valence electrons. The maximum absolute atomic E-state index is 3.58. The number of nitrogens with one attached hydrogen (secondary N) is 1. The van der Waals surface area contributed by atoms with E-state index in [4.69, 9.17) is 0 Å². The Morgan fingerprint density at radius 3 is 3.00 bits per heavy atom. The van der Waals surface area contributed by atoms with Crippen LogP contribution in [-0.4, -0.2) is 4.68 Å². The maximum Gasteiger partial charge on any atom is 0.0705 e.